The molecule has 0 spiro atoms. The normalized spacial score (nSPS) is 20.8. The molecule has 0 aliphatic carbocycles. The van der Waals surface area contributed by atoms with Gasteiger partial charge in [-0.25, -0.2) is 9.67 Å². The Bertz CT molecular complexity index is 1020. The molecule has 2 atom stereocenters. The first-order valence-corrected chi connectivity index (χ1v) is 10.5. The van der Waals surface area contributed by atoms with Crippen molar-refractivity contribution in [1.82, 2.24) is 25.0 Å². The summed E-state index contributed by atoms with van der Waals surface area (Å²) in [5, 5.41) is 8.82. The molecule has 168 valence electrons. The Labute approximate surface area is 194 Å². The number of nitrogens with zero attached hydrogens (tertiary/aromatic N) is 4. The van der Waals surface area contributed by atoms with Gasteiger partial charge >= 0.3 is 0 Å². The number of hydrogen-bond donors (Lipinski definition) is 1. The van der Waals surface area contributed by atoms with Crippen LogP contribution in [0.25, 0.3) is 22.5 Å². The lowest BCUT2D eigenvalue weighted by Gasteiger charge is -2.21. The number of furan rings is 1. The lowest BCUT2D eigenvalue weighted by atomic mass is 9.92. The van der Waals surface area contributed by atoms with E-state index >= 15 is 0 Å². The van der Waals surface area contributed by atoms with E-state index < -0.39 is 0 Å². The molecule has 1 N–H and O–H groups in total. The van der Waals surface area contributed by atoms with Crippen molar-refractivity contribution in [3.05, 3.63) is 36.2 Å². The van der Waals surface area contributed by atoms with Gasteiger partial charge in [0.05, 0.1) is 23.4 Å². The number of halogens is 2. The number of hydrogen-bond acceptors (Lipinski definition) is 5. The van der Waals surface area contributed by atoms with Crippen LogP contribution in [0, 0.1) is 11.8 Å². The van der Waals surface area contributed by atoms with Crippen molar-refractivity contribution in [2.24, 2.45) is 11.8 Å². The number of likely N-dealkylation sites (tertiary alicyclic amines) is 1. The minimum atomic E-state index is 0. The van der Waals surface area contributed by atoms with Crippen LogP contribution in [0.15, 0.2) is 35.1 Å². The summed E-state index contributed by atoms with van der Waals surface area (Å²) in [5.41, 5.74) is 2.07. The van der Waals surface area contributed by atoms with Crippen LogP contribution < -0.4 is 5.32 Å². The van der Waals surface area contributed by atoms with Crippen LogP contribution in [-0.2, 0) is 0 Å². The zero-order valence-corrected chi connectivity index (χ0v) is 19.4. The zero-order chi connectivity index (χ0) is 20.0. The number of nitrogens with one attached hydrogen (secondary N) is 1. The van der Waals surface area contributed by atoms with Crippen molar-refractivity contribution >= 4 is 41.8 Å². The van der Waals surface area contributed by atoms with E-state index in [1.807, 2.05) is 27.8 Å². The van der Waals surface area contributed by atoms with E-state index in [-0.39, 0.29) is 36.8 Å². The van der Waals surface area contributed by atoms with Crippen LogP contribution >= 0.6 is 24.8 Å². The quantitative estimate of drug-likeness (QED) is 0.627. The van der Waals surface area contributed by atoms with Crippen LogP contribution in [0.1, 0.15) is 43.1 Å². The first kappa shape index (κ1) is 23.6. The van der Waals surface area contributed by atoms with Crippen molar-refractivity contribution in [3.63, 3.8) is 0 Å². The standard InChI is InChI=1S/C22H27N5O2.2ClH/c1-14(2)27-21-18(13-24-27)17(10-19(25-21)20-4-3-9-29-20)22(28)26-7-5-15-11-23-12-16(15)6-8-26;;/h3-4,9-10,13-16,23H,5-8,11-12H2,1-2H3;2*1H/t15-,16+;;. The Hall–Kier alpha value is -2.09. The monoisotopic (exact) mass is 465 g/mol. The fraction of sp³-hybridized carbons (Fsp3) is 0.500. The van der Waals surface area contributed by atoms with Gasteiger partial charge in [0.25, 0.3) is 5.91 Å². The molecule has 9 heteroatoms. The largest absolute Gasteiger partial charge is 0.463 e. The molecule has 1 amide bonds. The van der Waals surface area contributed by atoms with Gasteiger partial charge in [-0.2, -0.15) is 5.10 Å². The predicted octanol–water partition coefficient (Wildman–Crippen LogP) is 4.19. The SMILES string of the molecule is CC(C)n1ncc2c(C(=O)N3CC[C@@H]4CNC[C@@H]4CC3)cc(-c3ccco3)nc21.Cl.Cl. The molecule has 2 saturated heterocycles. The smallest absolute Gasteiger partial charge is 0.254 e. The molecule has 2 aliphatic rings. The second-order valence-corrected chi connectivity index (χ2v) is 8.50. The molecule has 3 aromatic rings. The molecular weight excluding hydrogens is 437 g/mol. The summed E-state index contributed by atoms with van der Waals surface area (Å²) in [6.07, 6.45) is 5.53. The first-order chi connectivity index (χ1) is 14.1. The highest BCUT2D eigenvalue weighted by Crippen LogP contribution is 2.30. The highest BCUT2D eigenvalue weighted by atomic mass is 35.5. The minimum Gasteiger partial charge on any atom is -0.463 e. The number of fused-ring (bicyclic) bond motifs is 2. The van der Waals surface area contributed by atoms with Gasteiger partial charge in [-0.1, -0.05) is 0 Å². The average molecular weight is 466 g/mol. The average Bonchev–Trinajstić information content (AvgIpc) is 3.45. The molecule has 0 radical (unpaired) electrons. The Kier molecular flexibility index (Phi) is 7.29. The highest BCUT2D eigenvalue weighted by Gasteiger charge is 2.32. The number of carbonyl (C=O) groups excluding carboxylic acids is 1. The van der Waals surface area contributed by atoms with E-state index in [2.05, 4.69) is 24.3 Å². The van der Waals surface area contributed by atoms with Crippen LogP contribution in [0.3, 0.4) is 0 Å². The van der Waals surface area contributed by atoms with E-state index in [0.29, 0.717) is 28.9 Å². The molecule has 7 nitrogen and oxygen atoms in total. The Morgan fingerprint density at radius 1 is 1.19 bits per heavy atom. The number of amides is 1. The Morgan fingerprint density at radius 2 is 1.90 bits per heavy atom. The van der Waals surface area contributed by atoms with Gasteiger partial charge < -0.3 is 14.6 Å². The predicted molar refractivity (Wildman–Crippen MR) is 125 cm³/mol. The molecule has 5 heterocycles. The van der Waals surface area contributed by atoms with Gasteiger partial charge in [0.1, 0.15) is 5.69 Å². The Morgan fingerprint density at radius 3 is 2.52 bits per heavy atom. The molecule has 31 heavy (non-hydrogen) atoms. The van der Waals surface area contributed by atoms with Crippen molar-refractivity contribution in [2.75, 3.05) is 26.2 Å². The summed E-state index contributed by atoms with van der Waals surface area (Å²) in [5.74, 6) is 2.11. The second-order valence-electron chi connectivity index (χ2n) is 8.50. The second kappa shape index (κ2) is 9.59. The third kappa shape index (κ3) is 4.31. The number of pyridine rings is 1. The molecular formula is C22H29Cl2N5O2. The van der Waals surface area contributed by atoms with E-state index in [9.17, 15) is 4.79 Å². The molecule has 0 saturated carbocycles. The van der Waals surface area contributed by atoms with Gasteiger partial charge in [-0.05, 0) is 69.8 Å². The first-order valence-electron chi connectivity index (χ1n) is 10.5. The molecule has 2 fully saturated rings. The number of aromatic nitrogens is 3. The van der Waals surface area contributed by atoms with Crippen LogP contribution in [0.2, 0.25) is 0 Å². The summed E-state index contributed by atoms with van der Waals surface area (Å²) in [6.45, 7) is 7.90. The van der Waals surface area contributed by atoms with Gasteiger partial charge in [0, 0.05) is 19.1 Å². The van der Waals surface area contributed by atoms with Crippen molar-refractivity contribution in [2.45, 2.75) is 32.7 Å². The Balaban J connectivity index is 0.00000136. The summed E-state index contributed by atoms with van der Waals surface area (Å²) >= 11 is 0. The molecule has 5 rings (SSSR count). The van der Waals surface area contributed by atoms with E-state index in [4.69, 9.17) is 9.40 Å². The lowest BCUT2D eigenvalue weighted by Crippen LogP contribution is -2.33. The third-order valence-electron chi connectivity index (χ3n) is 6.37. The van der Waals surface area contributed by atoms with Crippen molar-refractivity contribution < 1.29 is 9.21 Å². The fourth-order valence-corrected chi connectivity index (χ4v) is 4.71. The van der Waals surface area contributed by atoms with Crippen LogP contribution in [0.4, 0.5) is 0 Å². The van der Waals surface area contributed by atoms with Gasteiger partial charge in [0.15, 0.2) is 11.4 Å². The zero-order valence-electron chi connectivity index (χ0n) is 17.8. The maximum absolute atomic E-state index is 13.6. The van der Waals surface area contributed by atoms with E-state index in [1.54, 1.807) is 12.5 Å². The van der Waals surface area contributed by atoms with Crippen molar-refractivity contribution in [1.29, 1.82) is 0 Å². The third-order valence-corrected chi connectivity index (χ3v) is 6.37. The maximum Gasteiger partial charge on any atom is 0.254 e. The molecule has 0 unspecified atom stereocenters. The number of carbonyl (C=O) groups is 1. The molecule has 0 bridgehead atoms. The van der Waals surface area contributed by atoms with Crippen molar-refractivity contribution in [3.8, 4) is 11.5 Å². The van der Waals surface area contributed by atoms with Crippen LogP contribution in [-0.4, -0.2) is 51.8 Å². The lowest BCUT2D eigenvalue weighted by molar-refractivity contribution is 0.0760. The molecule has 0 aromatic carbocycles. The number of rotatable bonds is 3. The fourth-order valence-electron chi connectivity index (χ4n) is 4.71. The summed E-state index contributed by atoms with van der Waals surface area (Å²) in [6, 6.07) is 5.73. The van der Waals surface area contributed by atoms with Crippen LogP contribution in [0.5, 0.6) is 0 Å². The van der Waals surface area contributed by atoms with E-state index in [1.165, 1.54) is 0 Å². The molecule has 2 aliphatic heterocycles. The topological polar surface area (TPSA) is 76.2 Å². The summed E-state index contributed by atoms with van der Waals surface area (Å²) in [4.78, 5) is 20.4. The minimum absolute atomic E-state index is 0. The summed E-state index contributed by atoms with van der Waals surface area (Å²) < 4.78 is 7.44. The maximum atomic E-state index is 13.6. The van der Waals surface area contributed by atoms with Gasteiger partial charge in [0.2, 0.25) is 0 Å². The highest BCUT2D eigenvalue weighted by molar-refractivity contribution is 6.06. The van der Waals surface area contributed by atoms with E-state index in [0.717, 1.165) is 50.1 Å². The summed E-state index contributed by atoms with van der Waals surface area (Å²) in [7, 11) is 0. The molecule has 3 aromatic heterocycles. The van der Waals surface area contributed by atoms with Gasteiger partial charge in [-0.3, -0.25) is 4.79 Å². The van der Waals surface area contributed by atoms with Gasteiger partial charge in [-0.15, -0.1) is 24.8 Å².